The van der Waals surface area contributed by atoms with Crippen LogP contribution in [-0.2, 0) is 0 Å². The second kappa shape index (κ2) is 16.1. The number of anilines is 2. The Bertz CT molecular complexity index is 3060. The third-order valence-corrected chi connectivity index (χ3v) is 12.6. The summed E-state index contributed by atoms with van der Waals surface area (Å²) in [5, 5.41) is 7.74. The number of piperidine rings is 1. The first-order valence-electron chi connectivity index (χ1n) is 21.7. The van der Waals surface area contributed by atoms with Crippen molar-refractivity contribution in [1.82, 2.24) is 44.3 Å². The van der Waals surface area contributed by atoms with Crippen molar-refractivity contribution in [1.29, 1.82) is 0 Å². The van der Waals surface area contributed by atoms with E-state index in [0.717, 1.165) is 107 Å². The van der Waals surface area contributed by atoms with Crippen molar-refractivity contribution in [3.05, 3.63) is 94.8 Å². The van der Waals surface area contributed by atoms with Gasteiger partial charge < -0.3 is 31.1 Å². The molecule has 0 saturated carbocycles. The molecular weight excluding hydrogens is 777 g/mol. The van der Waals surface area contributed by atoms with Crippen LogP contribution in [0.3, 0.4) is 0 Å². The van der Waals surface area contributed by atoms with Crippen LogP contribution in [0.25, 0.3) is 55.4 Å². The minimum absolute atomic E-state index is 0.0370. The van der Waals surface area contributed by atoms with Crippen LogP contribution in [0.4, 0.5) is 11.4 Å². The number of hydrogen-bond acceptors (Lipinski definition) is 10. The maximum absolute atomic E-state index is 13.3. The van der Waals surface area contributed by atoms with Crippen molar-refractivity contribution in [2.24, 2.45) is 5.73 Å². The summed E-state index contributed by atoms with van der Waals surface area (Å²) < 4.78 is 4.07. The minimum atomic E-state index is -0.158. The summed E-state index contributed by atoms with van der Waals surface area (Å²) in [4.78, 5) is 52.3. The lowest BCUT2D eigenvalue weighted by atomic mass is 10.0. The first-order valence-corrected chi connectivity index (χ1v) is 21.7. The average Bonchev–Trinajstić information content (AvgIpc) is 3.99. The molecule has 0 spiro atoms. The van der Waals surface area contributed by atoms with Crippen LogP contribution in [0.1, 0.15) is 70.6 Å². The van der Waals surface area contributed by atoms with E-state index in [-0.39, 0.29) is 23.9 Å². The summed E-state index contributed by atoms with van der Waals surface area (Å²) in [6.07, 6.45) is 5.09. The maximum atomic E-state index is 13.3. The van der Waals surface area contributed by atoms with Crippen molar-refractivity contribution in [2.45, 2.75) is 72.0 Å². The fourth-order valence-corrected chi connectivity index (χ4v) is 9.25. The second-order valence-corrected chi connectivity index (χ2v) is 17.6. The molecule has 62 heavy (non-hydrogen) atoms. The number of nitrogens with two attached hydrogens (primary N) is 1. The number of hydrogen-bond donors (Lipinski definition) is 3. The highest BCUT2D eigenvalue weighted by Crippen LogP contribution is 2.35. The Morgan fingerprint density at radius 1 is 0.742 bits per heavy atom. The number of fused-ring (bicyclic) bond motifs is 10. The second-order valence-electron chi connectivity index (χ2n) is 17.6. The van der Waals surface area contributed by atoms with Crippen LogP contribution in [0.15, 0.2) is 66.9 Å². The van der Waals surface area contributed by atoms with Crippen molar-refractivity contribution < 1.29 is 9.59 Å². The van der Waals surface area contributed by atoms with Gasteiger partial charge in [-0.1, -0.05) is 12.1 Å². The average molecular weight is 833 g/mol. The molecule has 2 amide bonds. The van der Waals surface area contributed by atoms with Crippen molar-refractivity contribution >= 4 is 78.6 Å². The van der Waals surface area contributed by atoms with Gasteiger partial charge in [0.1, 0.15) is 11.3 Å². The highest BCUT2D eigenvalue weighted by molar-refractivity contribution is 6.09. The van der Waals surface area contributed by atoms with Crippen LogP contribution in [0.2, 0.25) is 0 Å². The number of aromatic nitrogens is 6. The van der Waals surface area contributed by atoms with Gasteiger partial charge >= 0.3 is 0 Å². The number of benzene rings is 2. The number of pyridine rings is 4. The topological polar surface area (TPSA) is 154 Å². The Balaban J connectivity index is 0.000000159. The molecule has 2 fully saturated rings. The number of carbonyl (C=O) groups is 2. The lowest BCUT2D eigenvalue weighted by Crippen LogP contribution is -2.43. The van der Waals surface area contributed by atoms with E-state index >= 15 is 0 Å². The molecule has 4 N–H and O–H groups in total. The highest BCUT2D eigenvalue weighted by Gasteiger charge is 2.28. The standard InChI is InChI=1S/C26H32N6O.C22H24N6O/c1-15(2)28-26(33)20-13-19-22(31-10-8-18(14-31)30(5)6)7-9-27-24(19)32-23-12-17(4)16(3)11-21(23)29-25(20)32;1-13-10-19(27-9-5-6-14(23)12-27)15-11-16(22(29)24-2)21-26-17-7-3-4-8-18(17)28(21)20(15)25-13/h7,9,11-13,15,18H,8,10,14H2,1-6H3,(H,28,33);3-4,7-8,10-11,14H,5-6,9,12,23H2,1-2H3,(H,24,29)/t18-;14-/m01/s1. The van der Waals surface area contributed by atoms with E-state index in [1.807, 2.05) is 67.8 Å². The van der Waals surface area contributed by atoms with E-state index in [1.165, 1.54) is 11.1 Å². The first kappa shape index (κ1) is 41.0. The van der Waals surface area contributed by atoms with Crippen LogP contribution >= 0.6 is 0 Å². The Labute approximate surface area is 361 Å². The van der Waals surface area contributed by atoms with Gasteiger partial charge in [-0.25, -0.2) is 19.9 Å². The van der Waals surface area contributed by atoms with Crippen LogP contribution in [-0.4, -0.2) is 111 Å². The van der Waals surface area contributed by atoms with E-state index in [1.54, 1.807) is 7.05 Å². The zero-order chi connectivity index (χ0) is 43.6. The van der Waals surface area contributed by atoms with E-state index in [9.17, 15) is 9.59 Å². The smallest absolute Gasteiger partial charge is 0.255 e. The summed E-state index contributed by atoms with van der Waals surface area (Å²) in [6, 6.07) is 21.0. The summed E-state index contributed by atoms with van der Waals surface area (Å²) in [6.45, 7) is 13.8. The molecule has 0 radical (unpaired) electrons. The van der Waals surface area contributed by atoms with Gasteiger partial charge in [-0.15, -0.1) is 0 Å². The normalized spacial score (nSPS) is 17.0. The third kappa shape index (κ3) is 7.20. The largest absolute Gasteiger partial charge is 0.369 e. The van der Waals surface area contributed by atoms with Gasteiger partial charge in [-0.2, -0.15) is 0 Å². The molecule has 6 aromatic heterocycles. The SMILES string of the molecule is CNC(=O)c1cc2c(N3CCC[C@@H](N)C3)cc(C)nc2n2c1nc1ccccc12.Cc1cc2nc3c(C(=O)NC(C)C)cc4c(N5CC[C@H](N(C)C)C5)ccnc4n3c2cc1C. The molecular formula is C48H56N12O2. The molecule has 2 saturated heterocycles. The number of aryl methyl sites for hydroxylation is 3. The van der Waals surface area contributed by atoms with E-state index in [2.05, 4.69) is 81.9 Å². The predicted octanol–water partition coefficient (Wildman–Crippen LogP) is 6.56. The van der Waals surface area contributed by atoms with E-state index in [0.29, 0.717) is 28.5 Å². The number of likely N-dealkylation sites (N-methyl/N-ethyl adjacent to an activating group) is 1. The molecule has 14 heteroatoms. The number of nitrogens with one attached hydrogen (secondary N) is 2. The van der Waals surface area contributed by atoms with Crippen molar-refractivity contribution in [3.8, 4) is 0 Å². The van der Waals surface area contributed by atoms with Gasteiger partial charge in [-0.3, -0.25) is 18.4 Å². The molecule has 14 nitrogen and oxygen atoms in total. The monoisotopic (exact) mass is 832 g/mol. The van der Waals surface area contributed by atoms with Gasteiger partial charge in [0, 0.05) is 85.4 Å². The molecule has 0 bridgehead atoms. The van der Waals surface area contributed by atoms with Crippen LogP contribution in [0.5, 0.6) is 0 Å². The fraction of sp³-hybridized carbons (Fsp3) is 0.375. The molecule has 10 rings (SSSR count). The van der Waals surface area contributed by atoms with Gasteiger partial charge in [0.15, 0.2) is 11.3 Å². The Hall–Kier alpha value is -6.38. The number of imidazole rings is 2. The van der Waals surface area contributed by atoms with Gasteiger partial charge in [0.25, 0.3) is 11.8 Å². The first-order chi connectivity index (χ1) is 29.8. The molecule has 2 aliphatic rings. The summed E-state index contributed by atoms with van der Waals surface area (Å²) in [5.74, 6) is -0.267. The van der Waals surface area contributed by atoms with Crippen LogP contribution < -0.4 is 26.2 Å². The van der Waals surface area contributed by atoms with Gasteiger partial charge in [-0.05, 0) is 128 Å². The number of para-hydroxylation sites is 2. The number of carbonyl (C=O) groups excluding carboxylic acids is 2. The van der Waals surface area contributed by atoms with Gasteiger partial charge in [0.05, 0.1) is 33.2 Å². The molecule has 8 heterocycles. The van der Waals surface area contributed by atoms with Gasteiger partial charge in [0.2, 0.25) is 0 Å². The highest BCUT2D eigenvalue weighted by atomic mass is 16.2. The molecule has 8 aromatic rings. The molecule has 2 aliphatic heterocycles. The Kier molecular flexibility index (Phi) is 10.7. The Morgan fingerprint density at radius 3 is 2.13 bits per heavy atom. The van der Waals surface area contributed by atoms with Crippen molar-refractivity contribution in [2.75, 3.05) is 57.1 Å². The number of amides is 2. The Morgan fingerprint density at radius 2 is 1.42 bits per heavy atom. The number of nitrogens with zero attached hydrogens (tertiary/aromatic N) is 9. The van der Waals surface area contributed by atoms with E-state index in [4.69, 9.17) is 25.7 Å². The summed E-state index contributed by atoms with van der Waals surface area (Å²) in [5.41, 5.74) is 19.5. The zero-order valence-electron chi connectivity index (χ0n) is 37.0. The van der Waals surface area contributed by atoms with E-state index < -0.39 is 0 Å². The minimum Gasteiger partial charge on any atom is -0.369 e. The maximum Gasteiger partial charge on any atom is 0.255 e. The predicted molar refractivity (Wildman–Crippen MR) is 250 cm³/mol. The lowest BCUT2D eigenvalue weighted by molar-refractivity contribution is 0.0941. The lowest BCUT2D eigenvalue weighted by Gasteiger charge is -2.33. The quantitative estimate of drug-likeness (QED) is 0.168. The molecule has 320 valence electrons. The third-order valence-electron chi connectivity index (χ3n) is 12.6. The number of rotatable bonds is 6. The van der Waals surface area contributed by atoms with Crippen molar-refractivity contribution in [3.63, 3.8) is 0 Å². The molecule has 0 unspecified atom stereocenters. The zero-order valence-corrected chi connectivity index (χ0v) is 37.0. The summed E-state index contributed by atoms with van der Waals surface area (Å²) in [7, 11) is 5.92. The van der Waals surface area contributed by atoms with Crippen LogP contribution in [0, 0.1) is 20.8 Å². The fourth-order valence-electron chi connectivity index (χ4n) is 9.25. The molecule has 0 aliphatic carbocycles. The molecule has 2 atom stereocenters. The summed E-state index contributed by atoms with van der Waals surface area (Å²) >= 11 is 0. The molecule has 2 aromatic carbocycles.